The van der Waals surface area contributed by atoms with Gasteiger partial charge in [0.1, 0.15) is 23.1 Å². The van der Waals surface area contributed by atoms with Crippen LogP contribution in [0.25, 0.3) is 12.2 Å². The Labute approximate surface area is 200 Å². The van der Waals surface area contributed by atoms with Crippen LogP contribution >= 0.6 is 0 Å². The summed E-state index contributed by atoms with van der Waals surface area (Å²) in [4.78, 5) is 38.3. The third kappa shape index (κ3) is 8.84. The number of H-pyrrole nitrogens is 2. The maximum absolute atomic E-state index is 12.4. The Morgan fingerprint density at radius 2 is 1.57 bits per heavy atom. The Morgan fingerprint density at radius 1 is 0.914 bits per heavy atom. The number of aromatic nitrogens is 4. The van der Waals surface area contributed by atoms with E-state index in [1.807, 2.05) is 42.5 Å². The van der Waals surface area contributed by atoms with E-state index in [-0.39, 0.29) is 16.3 Å². The van der Waals surface area contributed by atoms with E-state index in [1.54, 1.807) is 36.8 Å². The van der Waals surface area contributed by atoms with Crippen molar-refractivity contribution in [1.82, 2.24) is 19.9 Å². The molecule has 10 nitrogen and oxygen atoms in total. The topological polar surface area (TPSA) is 155 Å². The second kappa shape index (κ2) is 11.7. The van der Waals surface area contributed by atoms with Gasteiger partial charge in [-0.05, 0) is 35.9 Å². The van der Waals surface area contributed by atoms with E-state index in [4.69, 9.17) is 9.29 Å². The van der Waals surface area contributed by atoms with E-state index >= 15 is 0 Å². The van der Waals surface area contributed by atoms with Gasteiger partial charge in [0.15, 0.2) is 0 Å². The summed E-state index contributed by atoms with van der Waals surface area (Å²) < 4.78 is 31.5. The van der Waals surface area contributed by atoms with E-state index in [1.165, 1.54) is 6.08 Å². The summed E-state index contributed by atoms with van der Waals surface area (Å²) in [7, 11) is -3.67. The molecule has 0 unspecified atom stereocenters. The number of benzene rings is 1. The van der Waals surface area contributed by atoms with Crippen LogP contribution < -0.4 is 26.6 Å². The van der Waals surface area contributed by atoms with Gasteiger partial charge in [0.2, 0.25) is 0 Å². The van der Waals surface area contributed by atoms with Crippen molar-refractivity contribution in [3.63, 3.8) is 0 Å². The molecule has 0 bridgehead atoms. The van der Waals surface area contributed by atoms with E-state index < -0.39 is 15.7 Å². The molecule has 0 saturated carbocycles. The first-order chi connectivity index (χ1) is 16.7. The van der Waals surface area contributed by atoms with Gasteiger partial charge >= 0.3 is 0 Å². The van der Waals surface area contributed by atoms with Gasteiger partial charge in [-0.2, -0.15) is 8.42 Å². The number of hydrogen-bond acceptors (Lipinski definition) is 7. The molecule has 1 aromatic carbocycles. The number of hydrogen-bond donors (Lipinski definition) is 3. The van der Waals surface area contributed by atoms with Crippen molar-refractivity contribution in [3.8, 4) is 5.75 Å². The lowest BCUT2D eigenvalue weighted by Gasteiger charge is -2.05. The van der Waals surface area contributed by atoms with Crippen LogP contribution in [0.5, 0.6) is 5.75 Å². The molecule has 0 saturated heterocycles. The molecule has 0 aliphatic rings. The first kappa shape index (κ1) is 25.3. The van der Waals surface area contributed by atoms with Gasteiger partial charge in [-0.15, -0.1) is 0 Å². The largest absolute Gasteiger partial charge is 0.487 e. The van der Waals surface area contributed by atoms with Crippen LogP contribution in [0.2, 0.25) is 0 Å². The Kier molecular flexibility index (Phi) is 8.43. The van der Waals surface area contributed by atoms with Crippen molar-refractivity contribution < 1.29 is 17.7 Å². The van der Waals surface area contributed by atoms with E-state index in [0.29, 0.717) is 24.3 Å². The second-order valence-electron chi connectivity index (χ2n) is 7.24. The SMILES string of the molecule is CS(=O)(=O)O.O=c1[nH]/c(=C\c2ccc(OCc3cccnc3)cn2)c(=O)[nH]/c1=C\c1ccccc1. The van der Waals surface area contributed by atoms with Crippen LogP contribution in [-0.2, 0) is 16.7 Å². The Balaban J connectivity index is 0.000000623. The van der Waals surface area contributed by atoms with E-state index in [0.717, 1.165) is 11.1 Å². The summed E-state index contributed by atoms with van der Waals surface area (Å²) in [6.07, 6.45) is 8.85. The molecule has 0 amide bonds. The number of nitrogens with zero attached hydrogens (tertiary/aromatic N) is 2. The van der Waals surface area contributed by atoms with Crippen LogP contribution in [0.4, 0.5) is 0 Å². The third-order valence-corrected chi connectivity index (χ3v) is 4.28. The molecule has 4 aromatic rings. The molecule has 11 heteroatoms. The number of nitrogens with one attached hydrogen (secondary N) is 2. The highest BCUT2D eigenvalue weighted by atomic mass is 32.2. The zero-order chi connectivity index (χ0) is 25.3. The lowest BCUT2D eigenvalue weighted by atomic mass is 10.2. The molecular formula is C24H22N4O6S. The highest BCUT2D eigenvalue weighted by Crippen LogP contribution is 2.11. The van der Waals surface area contributed by atoms with Crippen LogP contribution in [0.1, 0.15) is 16.8 Å². The average molecular weight is 495 g/mol. The van der Waals surface area contributed by atoms with E-state index in [9.17, 15) is 18.0 Å². The van der Waals surface area contributed by atoms with Crippen molar-refractivity contribution in [2.75, 3.05) is 6.26 Å². The van der Waals surface area contributed by atoms with Gasteiger partial charge < -0.3 is 14.7 Å². The van der Waals surface area contributed by atoms with Crippen LogP contribution in [0.3, 0.4) is 0 Å². The number of ether oxygens (including phenoxy) is 1. The van der Waals surface area contributed by atoms with Gasteiger partial charge in [0.25, 0.3) is 21.2 Å². The minimum Gasteiger partial charge on any atom is -0.487 e. The molecule has 3 N–H and O–H groups in total. The maximum Gasteiger partial charge on any atom is 0.272 e. The third-order valence-electron chi connectivity index (χ3n) is 4.28. The number of rotatable bonds is 5. The molecule has 3 aromatic heterocycles. The predicted octanol–water partition coefficient (Wildman–Crippen LogP) is 0.594. The molecule has 4 rings (SSSR count). The summed E-state index contributed by atoms with van der Waals surface area (Å²) >= 11 is 0. The smallest absolute Gasteiger partial charge is 0.272 e. The molecule has 0 fully saturated rings. The Hall–Kier alpha value is -4.35. The molecular weight excluding hydrogens is 472 g/mol. The summed E-state index contributed by atoms with van der Waals surface area (Å²) in [5, 5.41) is 0.317. The minimum absolute atomic E-state index is 0.127. The average Bonchev–Trinajstić information content (AvgIpc) is 2.82. The quantitative estimate of drug-likeness (QED) is 0.341. The van der Waals surface area contributed by atoms with Gasteiger partial charge in [-0.3, -0.25) is 24.1 Å². The normalized spacial score (nSPS) is 12.1. The maximum atomic E-state index is 12.4. The lowest BCUT2D eigenvalue weighted by Crippen LogP contribution is -2.46. The first-order valence-corrected chi connectivity index (χ1v) is 12.0. The van der Waals surface area contributed by atoms with Crippen molar-refractivity contribution in [2.24, 2.45) is 0 Å². The molecule has 0 spiro atoms. The predicted molar refractivity (Wildman–Crippen MR) is 131 cm³/mol. The Morgan fingerprint density at radius 3 is 2.14 bits per heavy atom. The number of aromatic amines is 2. The van der Waals surface area contributed by atoms with Crippen LogP contribution in [-0.4, -0.2) is 39.2 Å². The Bertz CT molecular complexity index is 1590. The number of pyridine rings is 2. The van der Waals surface area contributed by atoms with Gasteiger partial charge in [0, 0.05) is 18.0 Å². The fraction of sp³-hybridized carbons (Fsp3) is 0.0833. The molecule has 0 radical (unpaired) electrons. The highest BCUT2D eigenvalue weighted by Gasteiger charge is 2.00. The zero-order valence-corrected chi connectivity index (χ0v) is 19.4. The fourth-order valence-corrected chi connectivity index (χ4v) is 2.77. The van der Waals surface area contributed by atoms with Gasteiger partial charge in [-0.1, -0.05) is 36.4 Å². The van der Waals surface area contributed by atoms with Crippen LogP contribution in [0, 0.1) is 0 Å². The van der Waals surface area contributed by atoms with Crippen LogP contribution in [0.15, 0.2) is 82.8 Å². The molecule has 0 atom stereocenters. The molecule has 0 aliphatic heterocycles. The molecule has 0 aliphatic carbocycles. The minimum atomic E-state index is -3.67. The van der Waals surface area contributed by atoms with Crippen molar-refractivity contribution >= 4 is 22.3 Å². The second-order valence-corrected chi connectivity index (χ2v) is 8.70. The van der Waals surface area contributed by atoms with Gasteiger partial charge in [-0.25, -0.2) is 0 Å². The summed E-state index contributed by atoms with van der Waals surface area (Å²) in [5.74, 6) is 0.589. The molecule has 180 valence electrons. The first-order valence-electron chi connectivity index (χ1n) is 10.2. The van der Waals surface area contributed by atoms with Gasteiger partial charge in [0.05, 0.1) is 18.1 Å². The van der Waals surface area contributed by atoms with E-state index in [2.05, 4.69) is 19.9 Å². The summed E-state index contributed by atoms with van der Waals surface area (Å²) in [6.45, 7) is 0.380. The zero-order valence-electron chi connectivity index (χ0n) is 18.6. The lowest BCUT2D eigenvalue weighted by molar-refractivity contribution is 0.304. The summed E-state index contributed by atoms with van der Waals surface area (Å²) in [6, 6.07) is 16.5. The van der Waals surface area contributed by atoms with Crippen molar-refractivity contribution in [3.05, 3.63) is 121 Å². The fourth-order valence-electron chi connectivity index (χ4n) is 2.77. The highest BCUT2D eigenvalue weighted by molar-refractivity contribution is 7.85. The molecule has 3 heterocycles. The standard InChI is InChI=1S/C23H18N4O3.CH4O3S/c28-22-20(11-16-5-2-1-3-6-16)26-23(29)21(27-22)12-18-8-9-19(14-25-18)30-15-17-7-4-10-24-13-17;1-5(2,3)4/h1-14H,15H2,(H,26,29)(H,27,28);1H3,(H,2,3,4)/b20-11-,21-12-;. The monoisotopic (exact) mass is 494 g/mol. The van der Waals surface area contributed by atoms with Crippen molar-refractivity contribution in [2.45, 2.75) is 6.61 Å². The molecule has 35 heavy (non-hydrogen) atoms. The van der Waals surface area contributed by atoms with Crippen molar-refractivity contribution in [1.29, 1.82) is 0 Å². The summed E-state index contributed by atoms with van der Waals surface area (Å²) in [5.41, 5.74) is 1.49.